The van der Waals surface area contributed by atoms with Crippen molar-refractivity contribution < 1.29 is 9.47 Å². The predicted molar refractivity (Wildman–Crippen MR) is 108 cm³/mol. The molecule has 136 valence electrons. The number of ether oxygens (including phenoxy) is 2. The van der Waals surface area contributed by atoms with E-state index < -0.39 is 0 Å². The van der Waals surface area contributed by atoms with Gasteiger partial charge in [0.15, 0.2) is 11.5 Å². The van der Waals surface area contributed by atoms with Gasteiger partial charge in [-0.1, -0.05) is 34.1 Å². The van der Waals surface area contributed by atoms with Crippen molar-refractivity contribution in [1.82, 2.24) is 10.3 Å². The Morgan fingerprint density at radius 3 is 2.69 bits per heavy atom. The molecule has 0 amide bonds. The molecule has 1 aliphatic heterocycles. The van der Waals surface area contributed by atoms with Crippen LogP contribution in [0.15, 0.2) is 40.9 Å². The highest BCUT2D eigenvalue weighted by atomic mass is 79.9. The van der Waals surface area contributed by atoms with Crippen LogP contribution in [0.25, 0.3) is 10.9 Å². The number of methoxy groups -OCH3 is 2. The Morgan fingerprint density at radius 1 is 1.12 bits per heavy atom. The van der Waals surface area contributed by atoms with Crippen molar-refractivity contribution in [2.75, 3.05) is 20.8 Å². The van der Waals surface area contributed by atoms with Crippen molar-refractivity contribution in [2.24, 2.45) is 0 Å². The average molecular weight is 415 g/mol. The van der Waals surface area contributed by atoms with E-state index >= 15 is 0 Å². The molecule has 0 saturated heterocycles. The Balaban J connectivity index is 1.58. The van der Waals surface area contributed by atoms with Gasteiger partial charge in [0, 0.05) is 27.1 Å². The van der Waals surface area contributed by atoms with E-state index in [9.17, 15) is 0 Å². The minimum Gasteiger partial charge on any atom is -0.493 e. The Morgan fingerprint density at radius 2 is 1.88 bits per heavy atom. The summed E-state index contributed by atoms with van der Waals surface area (Å²) in [5.41, 5.74) is 5.27. The number of hydrogen-bond acceptors (Lipinski definition) is 3. The Bertz CT molecular complexity index is 935. The molecule has 2 heterocycles. The first-order valence-electron chi connectivity index (χ1n) is 8.94. The third kappa shape index (κ3) is 3.10. The molecule has 5 heteroatoms. The van der Waals surface area contributed by atoms with Crippen LogP contribution in [0.2, 0.25) is 0 Å². The van der Waals surface area contributed by atoms with Gasteiger partial charge < -0.3 is 19.8 Å². The van der Waals surface area contributed by atoms with Gasteiger partial charge in [-0.05, 0) is 55.1 Å². The zero-order valence-corrected chi connectivity index (χ0v) is 16.7. The first kappa shape index (κ1) is 17.4. The molecule has 1 atom stereocenters. The zero-order chi connectivity index (χ0) is 18.1. The van der Waals surface area contributed by atoms with Crippen molar-refractivity contribution in [3.8, 4) is 11.5 Å². The van der Waals surface area contributed by atoms with E-state index in [0.29, 0.717) is 6.04 Å². The molecule has 1 aromatic heterocycles. The van der Waals surface area contributed by atoms with Gasteiger partial charge >= 0.3 is 0 Å². The number of fused-ring (bicyclic) bond motifs is 3. The fraction of sp³-hybridized carbons (Fsp3) is 0.333. The number of hydrogen-bond donors (Lipinski definition) is 2. The maximum atomic E-state index is 5.45. The number of aromatic nitrogens is 1. The zero-order valence-electron chi connectivity index (χ0n) is 15.1. The van der Waals surface area contributed by atoms with Gasteiger partial charge in [0.25, 0.3) is 0 Å². The normalized spacial score (nSPS) is 16.5. The molecule has 4 rings (SSSR count). The van der Waals surface area contributed by atoms with E-state index in [1.165, 1.54) is 27.7 Å². The van der Waals surface area contributed by atoms with E-state index in [2.05, 4.69) is 56.6 Å². The molecule has 1 aliphatic rings. The largest absolute Gasteiger partial charge is 0.493 e. The topological polar surface area (TPSA) is 46.3 Å². The van der Waals surface area contributed by atoms with Crippen molar-refractivity contribution in [1.29, 1.82) is 0 Å². The Labute approximate surface area is 162 Å². The number of benzene rings is 2. The molecule has 4 nitrogen and oxygen atoms in total. The summed E-state index contributed by atoms with van der Waals surface area (Å²) in [6, 6.07) is 13.0. The van der Waals surface area contributed by atoms with Gasteiger partial charge in [-0.15, -0.1) is 0 Å². The SMILES string of the molecule is COc1cc(Br)c(CCC2NCCc3c2[nH]c2ccccc32)cc1OC. The van der Waals surface area contributed by atoms with Crippen LogP contribution < -0.4 is 14.8 Å². The number of rotatable bonds is 5. The van der Waals surface area contributed by atoms with E-state index in [1.54, 1.807) is 14.2 Å². The Kier molecular flexibility index (Phi) is 4.92. The maximum Gasteiger partial charge on any atom is 0.161 e. The second-order valence-corrected chi connectivity index (χ2v) is 7.51. The highest BCUT2D eigenvalue weighted by Crippen LogP contribution is 2.36. The smallest absolute Gasteiger partial charge is 0.161 e. The minimum absolute atomic E-state index is 0.339. The van der Waals surface area contributed by atoms with Gasteiger partial charge in [-0.25, -0.2) is 0 Å². The van der Waals surface area contributed by atoms with Crippen molar-refractivity contribution in [3.63, 3.8) is 0 Å². The second-order valence-electron chi connectivity index (χ2n) is 6.66. The molecule has 1 unspecified atom stereocenters. The van der Waals surface area contributed by atoms with Crippen LogP contribution in [0.1, 0.15) is 29.3 Å². The quantitative estimate of drug-likeness (QED) is 0.631. The predicted octanol–water partition coefficient (Wildman–Crippen LogP) is 4.77. The molecule has 26 heavy (non-hydrogen) atoms. The number of para-hydroxylation sites is 1. The molecular formula is C21H23BrN2O2. The average Bonchev–Trinajstić information content (AvgIpc) is 3.06. The molecule has 0 radical (unpaired) electrons. The summed E-state index contributed by atoms with van der Waals surface area (Å²) in [5.74, 6) is 1.52. The highest BCUT2D eigenvalue weighted by molar-refractivity contribution is 9.10. The fourth-order valence-corrected chi connectivity index (χ4v) is 4.42. The number of nitrogens with one attached hydrogen (secondary N) is 2. The lowest BCUT2D eigenvalue weighted by Crippen LogP contribution is -2.30. The summed E-state index contributed by atoms with van der Waals surface area (Å²) in [6.07, 6.45) is 3.05. The lowest BCUT2D eigenvalue weighted by molar-refractivity contribution is 0.354. The van der Waals surface area contributed by atoms with E-state index in [1.807, 2.05) is 6.07 Å². The number of H-pyrrole nitrogens is 1. The van der Waals surface area contributed by atoms with Crippen LogP contribution in [-0.4, -0.2) is 25.7 Å². The lowest BCUT2D eigenvalue weighted by Gasteiger charge is -2.24. The fourth-order valence-electron chi connectivity index (χ4n) is 3.90. The Hall–Kier alpha value is -1.98. The van der Waals surface area contributed by atoms with Gasteiger partial charge in [-0.2, -0.15) is 0 Å². The van der Waals surface area contributed by atoms with Crippen molar-refractivity contribution in [3.05, 3.63) is 57.7 Å². The molecule has 3 aromatic rings. The minimum atomic E-state index is 0.339. The highest BCUT2D eigenvalue weighted by Gasteiger charge is 2.24. The molecule has 0 spiro atoms. The monoisotopic (exact) mass is 414 g/mol. The molecule has 0 aliphatic carbocycles. The number of aryl methyl sites for hydroxylation is 1. The number of halogens is 1. The summed E-state index contributed by atoms with van der Waals surface area (Å²) in [6.45, 7) is 1.02. The van der Waals surface area contributed by atoms with Crippen LogP contribution in [0.4, 0.5) is 0 Å². The summed E-state index contributed by atoms with van der Waals surface area (Å²) >= 11 is 3.67. The first-order valence-corrected chi connectivity index (χ1v) is 9.74. The molecular weight excluding hydrogens is 392 g/mol. The van der Waals surface area contributed by atoms with Crippen LogP contribution in [0.5, 0.6) is 11.5 Å². The summed E-state index contributed by atoms with van der Waals surface area (Å²) in [5, 5.41) is 5.04. The standard InChI is InChI=1S/C21H23BrN2O2/c1-25-19-11-13(16(22)12-20(19)26-2)7-8-18-21-15(9-10-23-18)14-5-3-4-6-17(14)24-21/h3-6,11-12,18,23-24H,7-10H2,1-2H3. The van der Waals surface area contributed by atoms with Crippen LogP contribution in [0.3, 0.4) is 0 Å². The van der Waals surface area contributed by atoms with Crippen LogP contribution in [-0.2, 0) is 12.8 Å². The van der Waals surface area contributed by atoms with E-state index in [-0.39, 0.29) is 0 Å². The second kappa shape index (κ2) is 7.33. The first-order chi connectivity index (χ1) is 12.7. The van der Waals surface area contributed by atoms with E-state index in [4.69, 9.17) is 9.47 Å². The third-order valence-corrected chi connectivity index (χ3v) is 5.95. The molecule has 0 fully saturated rings. The molecule has 0 bridgehead atoms. The lowest BCUT2D eigenvalue weighted by atomic mass is 9.95. The van der Waals surface area contributed by atoms with Gasteiger partial charge in [-0.3, -0.25) is 0 Å². The summed E-state index contributed by atoms with van der Waals surface area (Å²) < 4.78 is 11.9. The molecule has 2 N–H and O–H groups in total. The van der Waals surface area contributed by atoms with Gasteiger partial charge in [0.05, 0.1) is 14.2 Å². The summed E-state index contributed by atoms with van der Waals surface area (Å²) in [4.78, 5) is 3.64. The van der Waals surface area contributed by atoms with E-state index in [0.717, 1.165) is 41.8 Å². The van der Waals surface area contributed by atoms with Crippen molar-refractivity contribution >= 4 is 26.8 Å². The summed E-state index contributed by atoms with van der Waals surface area (Å²) in [7, 11) is 3.34. The van der Waals surface area contributed by atoms with Gasteiger partial charge in [0.2, 0.25) is 0 Å². The third-order valence-electron chi connectivity index (χ3n) is 5.22. The number of aromatic amines is 1. The van der Waals surface area contributed by atoms with Gasteiger partial charge in [0.1, 0.15) is 0 Å². The van der Waals surface area contributed by atoms with Crippen LogP contribution in [0, 0.1) is 0 Å². The molecule has 2 aromatic carbocycles. The van der Waals surface area contributed by atoms with Crippen molar-refractivity contribution in [2.45, 2.75) is 25.3 Å². The van der Waals surface area contributed by atoms with Crippen LogP contribution >= 0.6 is 15.9 Å². The molecule has 0 saturated carbocycles. The maximum absolute atomic E-state index is 5.45.